The predicted molar refractivity (Wildman–Crippen MR) is 93.2 cm³/mol. The van der Waals surface area contributed by atoms with Crippen molar-refractivity contribution in [3.8, 4) is 0 Å². The average Bonchev–Trinajstić information content (AvgIpc) is 2.45. The number of carbonyl (C=O) groups is 1. The average molecular weight is 321 g/mol. The van der Waals surface area contributed by atoms with E-state index < -0.39 is 5.60 Å². The highest BCUT2D eigenvalue weighted by molar-refractivity contribution is 5.67. The van der Waals surface area contributed by atoms with Crippen molar-refractivity contribution < 1.29 is 9.53 Å². The van der Waals surface area contributed by atoms with Crippen molar-refractivity contribution in [3.05, 3.63) is 30.1 Å². The van der Waals surface area contributed by atoms with Crippen molar-refractivity contribution in [2.24, 2.45) is 11.8 Å². The molecule has 1 aromatic heterocycles. The molecule has 2 atom stereocenters. The summed E-state index contributed by atoms with van der Waals surface area (Å²) in [4.78, 5) is 15.8. The van der Waals surface area contributed by atoms with Crippen LogP contribution < -0.4 is 10.6 Å². The van der Waals surface area contributed by atoms with Gasteiger partial charge in [-0.05, 0) is 57.2 Å². The van der Waals surface area contributed by atoms with Gasteiger partial charge in [0, 0.05) is 31.5 Å². The van der Waals surface area contributed by atoms with E-state index in [-0.39, 0.29) is 12.1 Å². The molecule has 0 aliphatic heterocycles. The van der Waals surface area contributed by atoms with Crippen molar-refractivity contribution in [2.45, 2.75) is 53.2 Å². The largest absolute Gasteiger partial charge is 0.444 e. The molecule has 5 heteroatoms. The highest BCUT2D eigenvalue weighted by Gasteiger charge is 2.19. The maximum atomic E-state index is 11.8. The fourth-order valence-electron chi connectivity index (χ4n) is 2.17. The van der Waals surface area contributed by atoms with Crippen LogP contribution in [0.25, 0.3) is 0 Å². The van der Waals surface area contributed by atoms with E-state index in [4.69, 9.17) is 4.74 Å². The van der Waals surface area contributed by atoms with Gasteiger partial charge in [0.15, 0.2) is 0 Å². The van der Waals surface area contributed by atoms with Crippen LogP contribution in [-0.2, 0) is 4.74 Å². The summed E-state index contributed by atoms with van der Waals surface area (Å²) in [6, 6.07) is 4.28. The number of hydrogen-bond donors (Lipinski definition) is 2. The lowest BCUT2D eigenvalue weighted by Gasteiger charge is -2.25. The Labute approximate surface area is 140 Å². The van der Waals surface area contributed by atoms with Crippen LogP contribution in [0.15, 0.2) is 24.5 Å². The molecular weight excluding hydrogens is 290 g/mol. The van der Waals surface area contributed by atoms with Crippen LogP contribution in [-0.4, -0.2) is 29.8 Å². The Hall–Kier alpha value is -1.62. The third-order valence-corrected chi connectivity index (χ3v) is 3.74. The topological polar surface area (TPSA) is 63.2 Å². The molecule has 1 heterocycles. The highest BCUT2D eigenvalue weighted by Crippen LogP contribution is 2.14. The number of nitrogens with one attached hydrogen (secondary N) is 2. The Bertz CT molecular complexity index is 469. The number of carbonyl (C=O) groups excluding carboxylic acids is 1. The molecule has 0 spiro atoms. The molecule has 0 aliphatic carbocycles. The van der Waals surface area contributed by atoms with Crippen LogP contribution in [0.2, 0.25) is 0 Å². The van der Waals surface area contributed by atoms with E-state index in [9.17, 15) is 4.79 Å². The maximum absolute atomic E-state index is 11.8. The summed E-state index contributed by atoms with van der Waals surface area (Å²) in [6.07, 6.45) is 3.25. The minimum Gasteiger partial charge on any atom is -0.444 e. The number of nitrogens with zero attached hydrogens (tertiary/aromatic N) is 1. The summed E-state index contributed by atoms with van der Waals surface area (Å²) in [5.74, 6) is 0.800. The lowest BCUT2D eigenvalue weighted by atomic mass is 9.95. The van der Waals surface area contributed by atoms with Crippen molar-refractivity contribution in [3.63, 3.8) is 0 Å². The molecule has 23 heavy (non-hydrogen) atoms. The van der Waals surface area contributed by atoms with Gasteiger partial charge in [0.2, 0.25) is 0 Å². The molecule has 0 aromatic carbocycles. The van der Waals surface area contributed by atoms with E-state index >= 15 is 0 Å². The summed E-state index contributed by atoms with van der Waals surface area (Å²) >= 11 is 0. The molecule has 0 radical (unpaired) electrons. The zero-order chi connectivity index (χ0) is 17.5. The fourth-order valence-corrected chi connectivity index (χ4v) is 2.17. The number of pyridine rings is 1. The molecule has 1 amide bonds. The number of amides is 1. The Morgan fingerprint density at radius 3 is 2.30 bits per heavy atom. The smallest absolute Gasteiger partial charge is 0.407 e. The first-order valence-electron chi connectivity index (χ1n) is 8.29. The second-order valence-corrected chi connectivity index (χ2v) is 7.30. The third-order valence-electron chi connectivity index (χ3n) is 3.74. The van der Waals surface area contributed by atoms with Crippen LogP contribution in [0.5, 0.6) is 0 Å². The fraction of sp³-hybridized carbons (Fsp3) is 0.667. The van der Waals surface area contributed by atoms with Gasteiger partial charge in [-0.25, -0.2) is 4.79 Å². The van der Waals surface area contributed by atoms with E-state index in [1.165, 1.54) is 5.56 Å². The first-order chi connectivity index (χ1) is 10.7. The monoisotopic (exact) mass is 321 g/mol. The molecule has 5 nitrogen and oxygen atoms in total. The van der Waals surface area contributed by atoms with Gasteiger partial charge in [-0.1, -0.05) is 13.8 Å². The van der Waals surface area contributed by atoms with Crippen LogP contribution in [0, 0.1) is 11.8 Å². The predicted octanol–water partition coefficient (Wildman–Crippen LogP) is 3.53. The molecule has 2 N–H and O–H groups in total. The number of aromatic nitrogens is 1. The van der Waals surface area contributed by atoms with Crippen molar-refractivity contribution in [1.29, 1.82) is 0 Å². The number of hydrogen-bond acceptors (Lipinski definition) is 4. The highest BCUT2D eigenvalue weighted by atomic mass is 16.6. The number of alkyl carbamates (subject to hydrolysis) is 1. The van der Waals surface area contributed by atoms with Gasteiger partial charge in [0.1, 0.15) is 5.60 Å². The van der Waals surface area contributed by atoms with E-state index in [1.54, 1.807) is 12.4 Å². The van der Waals surface area contributed by atoms with Gasteiger partial charge < -0.3 is 15.4 Å². The van der Waals surface area contributed by atoms with Crippen LogP contribution in [0.4, 0.5) is 4.79 Å². The van der Waals surface area contributed by atoms with Crippen LogP contribution in [0.3, 0.4) is 0 Å². The standard InChI is InChI=1S/C18H31N3O2/c1-13(2)16(12-21-17(22)23-18(4,5)6)11-20-14(3)15-7-9-19-10-8-15/h7-10,13-14,16,20H,11-12H2,1-6H3,(H,21,22)/t14-,16?/m1/s1. The van der Waals surface area contributed by atoms with Crippen molar-refractivity contribution >= 4 is 6.09 Å². The van der Waals surface area contributed by atoms with E-state index in [1.807, 2.05) is 32.9 Å². The Morgan fingerprint density at radius 1 is 1.17 bits per heavy atom. The minimum absolute atomic E-state index is 0.251. The molecule has 1 rings (SSSR count). The van der Waals surface area contributed by atoms with Gasteiger partial charge >= 0.3 is 6.09 Å². The second kappa shape index (κ2) is 8.87. The minimum atomic E-state index is -0.467. The maximum Gasteiger partial charge on any atom is 0.407 e. The van der Waals surface area contributed by atoms with E-state index in [2.05, 4.69) is 36.4 Å². The zero-order valence-electron chi connectivity index (χ0n) is 15.2. The number of rotatable bonds is 7. The van der Waals surface area contributed by atoms with Crippen LogP contribution in [0.1, 0.15) is 53.1 Å². The summed E-state index contributed by atoms with van der Waals surface area (Å²) in [5, 5.41) is 6.41. The van der Waals surface area contributed by atoms with Crippen molar-refractivity contribution in [1.82, 2.24) is 15.6 Å². The van der Waals surface area contributed by atoms with E-state index in [0.29, 0.717) is 18.4 Å². The SMILES string of the molecule is CC(C)C(CNC(=O)OC(C)(C)C)CN[C@H](C)c1ccncc1. The van der Waals surface area contributed by atoms with Crippen LogP contribution >= 0.6 is 0 Å². The second-order valence-electron chi connectivity index (χ2n) is 7.30. The molecule has 130 valence electrons. The Kier molecular flexibility index (Phi) is 7.49. The van der Waals surface area contributed by atoms with Gasteiger partial charge in [-0.15, -0.1) is 0 Å². The first kappa shape index (κ1) is 19.4. The zero-order valence-corrected chi connectivity index (χ0v) is 15.2. The summed E-state index contributed by atoms with van der Waals surface area (Å²) < 4.78 is 5.29. The normalized spacial score (nSPS) is 14.4. The summed E-state index contributed by atoms with van der Waals surface area (Å²) in [5.41, 5.74) is 0.744. The van der Waals surface area contributed by atoms with Gasteiger partial charge in [-0.2, -0.15) is 0 Å². The Balaban J connectivity index is 2.45. The van der Waals surface area contributed by atoms with Crippen molar-refractivity contribution in [2.75, 3.05) is 13.1 Å². The first-order valence-corrected chi connectivity index (χ1v) is 8.29. The molecule has 0 saturated heterocycles. The summed E-state index contributed by atoms with van der Waals surface area (Å²) in [6.45, 7) is 13.5. The molecule has 0 bridgehead atoms. The van der Waals surface area contributed by atoms with E-state index in [0.717, 1.165) is 6.54 Å². The van der Waals surface area contributed by atoms with Gasteiger partial charge in [-0.3, -0.25) is 4.98 Å². The summed E-state index contributed by atoms with van der Waals surface area (Å²) in [7, 11) is 0. The van der Waals surface area contributed by atoms with Gasteiger partial charge in [0.05, 0.1) is 0 Å². The molecule has 1 aromatic rings. The molecule has 1 unspecified atom stereocenters. The molecular formula is C18H31N3O2. The third kappa shape index (κ3) is 7.98. The lowest BCUT2D eigenvalue weighted by molar-refractivity contribution is 0.0514. The Morgan fingerprint density at radius 2 is 1.78 bits per heavy atom. The molecule has 0 saturated carbocycles. The quantitative estimate of drug-likeness (QED) is 0.806. The molecule has 0 fully saturated rings. The number of ether oxygens (including phenoxy) is 1. The van der Waals surface area contributed by atoms with Gasteiger partial charge in [0.25, 0.3) is 0 Å². The molecule has 0 aliphatic rings. The lowest BCUT2D eigenvalue weighted by Crippen LogP contribution is -2.40.